The molecule has 0 fully saturated rings. The number of nitrogens with zero attached hydrogens (tertiary/aromatic N) is 1. The molecule has 6 nitrogen and oxygen atoms in total. The van der Waals surface area contributed by atoms with Gasteiger partial charge in [0.2, 0.25) is 6.08 Å². The highest BCUT2D eigenvalue weighted by molar-refractivity contribution is 5.89. The van der Waals surface area contributed by atoms with Gasteiger partial charge in [0.05, 0.1) is 0 Å². The summed E-state index contributed by atoms with van der Waals surface area (Å²) >= 11 is 0. The van der Waals surface area contributed by atoms with Crippen molar-refractivity contribution in [3.05, 3.63) is 24.3 Å². The van der Waals surface area contributed by atoms with E-state index in [9.17, 15) is 14.4 Å². The summed E-state index contributed by atoms with van der Waals surface area (Å²) in [5.41, 5.74) is 0.181. The number of hydrogen-bond acceptors (Lipinski definition) is 6. The molecule has 0 radical (unpaired) electrons. The summed E-state index contributed by atoms with van der Waals surface area (Å²) in [6, 6.07) is 0. The minimum Gasteiger partial charge on any atom is -0.398 e. The van der Waals surface area contributed by atoms with Gasteiger partial charge in [0.25, 0.3) is 0 Å². The number of rotatable bonds is 7. The largest absolute Gasteiger partial charge is 0.398 e. The van der Waals surface area contributed by atoms with Crippen LogP contribution in [0.15, 0.2) is 29.3 Å². The average Bonchev–Trinajstić information content (AvgIpc) is 2.29. The van der Waals surface area contributed by atoms with E-state index in [4.69, 9.17) is 9.47 Å². The van der Waals surface area contributed by atoms with Crippen molar-refractivity contribution in [2.24, 2.45) is 4.99 Å². The minimum absolute atomic E-state index is 0.0281. The zero-order valence-electron chi connectivity index (χ0n) is 11.3. The molecule has 0 aliphatic carbocycles. The maximum Gasteiger partial charge on any atom is 0.370 e. The number of isocyanates is 1. The van der Waals surface area contributed by atoms with Gasteiger partial charge in [0, 0.05) is 17.6 Å². The number of ether oxygens (including phenoxy) is 2. The van der Waals surface area contributed by atoms with E-state index in [1.54, 1.807) is 6.92 Å². The van der Waals surface area contributed by atoms with Gasteiger partial charge in [-0.3, -0.25) is 0 Å². The number of aliphatic imine (C=N–C) groups is 1. The van der Waals surface area contributed by atoms with Crippen LogP contribution in [0.4, 0.5) is 0 Å². The lowest BCUT2D eigenvalue weighted by molar-refractivity contribution is -0.223. The van der Waals surface area contributed by atoms with Gasteiger partial charge >= 0.3 is 17.8 Å². The lowest BCUT2D eigenvalue weighted by Crippen LogP contribution is -2.38. The first-order chi connectivity index (χ1) is 8.78. The summed E-state index contributed by atoms with van der Waals surface area (Å²) < 4.78 is 9.90. The molecule has 0 unspecified atom stereocenters. The highest BCUT2D eigenvalue weighted by Crippen LogP contribution is 2.24. The summed E-state index contributed by atoms with van der Waals surface area (Å²) in [6.45, 7) is 11.4. The van der Waals surface area contributed by atoms with Gasteiger partial charge in [0.1, 0.15) is 0 Å². The van der Waals surface area contributed by atoms with Crippen molar-refractivity contribution in [3.63, 3.8) is 0 Å². The fourth-order valence-corrected chi connectivity index (χ4v) is 1.07. The Labute approximate surface area is 111 Å². The molecule has 0 aliphatic heterocycles. The molecule has 0 aromatic heterocycles. The fraction of sp³-hybridized carbons (Fsp3) is 0.462. The van der Waals surface area contributed by atoms with E-state index in [2.05, 4.69) is 18.2 Å². The van der Waals surface area contributed by atoms with E-state index in [1.807, 2.05) is 0 Å². The Morgan fingerprint density at radius 1 is 1.16 bits per heavy atom. The fourth-order valence-electron chi connectivity index (χ4n) is 1.07. The summed E-state index contributed by atoms with van der Waals surface area (Å²) in [5.74, 6) is -3.65. The Morgan fingerprint density at radius 3 is 1.84 bits per heavy atom. The smallest absolute Gasteiger partial charge is 0.370 e. The molecule has 0 heterocycles. The van der Waals surface area contributed by atoms with Crippen molar-refractivity contribution in [2.45, 2.75) is 39.5 Å². The number of carbonyl (C=O) groups excluding carboxylic acids is 3. The Morgan fingerprint density at radius 2 is 1.58 bits per heavy atom. The highest BCUT2D eigenvalue weighted by Gasteiger charge is 2.38. The van der Waals surface area contributed by atoms with Crippen molar-refractivity contribution in [3.8, 4) is 0 Å². The van der Waals surface area contributed by atoms with Crippen LogP contribution in [0.3, 0.4) is 0 Å². The summed E-state index contributed by atoms with van der Waals surface area (Å²) in [4.78, 5) is 36.9. The second-order valence-electron chi connectivity index (χ2n) is 4.01. The maximum absolute atomic E-state index is 11.5. The van der Waals surface area contributed by atoms with Gasteiger partial charge in [-0.15, -0.1) is 4.99 Å². The maximum atomic E-state index is 11.5. The zero-order chi connectivity index (χ0) is 15.1. The van der Waals surface area contributed by atoms with Crippen molar-refractivity contribution in [1.29, 1.82) is 0 Å². The Kier molecular flexibility index (Phi) is 6.44. The van der Waals surface area contributed by atoms with Crippen LogP contribution >= 0.6 is 0 Å². The molecule has 6 heteroatoms. The predicted molar refractivity (Wildman–Crippen MR) is 67.6 cm³/mol. The lowest BCUT2D eigenvalue weighted by atomic mass is 10.2. The molecule has 0 aromatic carbocycles. The molecule has 0 saturated carbocycles. The van der Waals surface area contributed by atoms with Gasteiger partial charge in [0.15, 0.2) is 0 Å². The first-order valence-corrected chi connectivity index (χ1v) is 5.64. The molecule has 0 saturated heterocycles. The SMILES string of the molecule is C=C(C)C(=O)OC(CCC)(N=C=O)OC(=O)C(=C)C. The van der Waals surface area contributed by atoms with Gasteiger partial charge in [-0.2, -0.15) is 0 Å². The van der Waals surface area contributed by atoms with Gasteiger partial charge in [-0.1, -0.05) is 20.1 Å². The van der Waals surface area contributed by atoms with Crippen LogP contribution in [-0.4, -0.2) is 23.9 Å². The highest BCUT2D eigenvalue weighted by atomic mass is 16.7. The number of esters is 2. The Balaban J connectivity index is 5.34. The molecular formula is C13H17NO5. The molecule has 0 aliphatic rings. The second-order valence-corrected chi connectivity index (χ2v) is 4.01. The zero-order valence-corrected chi connectivity index (χ0v) is 11.3. The van der Waals surface area contributed by atoms with Crippen LogP contribution in [0, 0.1) is 0 Å². The lowest BCUT2D eigenvalue weighted by Gasteiger charge is -2.27. The van der Waals surface area contributed by atoms with Gasteiger partial charge in [-0.25, -0.2) is 14.4 Å². The normalized spacial score (nSPS) is 10.1. The number of carbonyl (C=O) groups is 2. The summed E-state index contributed by atoms with van der Waals surface area (Å²) in [5, 5.41) is 0. The molecule has 0 atom stereocenters. The van der Waals surface area contributed by atoms with Crippen molar-refractivity contribution in [1.82, 2.24) is 0 Å². The van der Waals surface area contributed by atoms with Crippen molar-refractivity contribution in [2.75, 3.05) is 0 Å². The first kappa shape index (κ1) is 16.8. The third-order valence-electron chi connectivity index (χ3n) is 1.98. The molecule has 0 aromatic rings. The van der Waals surface area contributed by atoms with E-state index in [0.717, 1.165) is 0 Å². The summed E-state index contributed by atoms with van der Waals surface area (Å²) in [7, 11) is 0. The van der Waals surface area contributed by atoms with Crippen LogP contribution in [0.1, 0.15) is 33.6 Å². The second kappa shape index (κ2) is 7.28. The van der Waals surface area contributed by atoms with E-state index >= 15 is 0 Å². The average molecular weight is 267 g/mol. The predicted octanol–water partition coefficient (Wildman–Crippen LogP) is 2.01. The van der Waals surface area contributed by atoms with E-state index < -0.39 is 17.8 Å². The van der Waals surface area contributed by atoms with Crippen molar-refractivity contribution < 1.29 is 23.9 Å². The van der Waals surface area contributed by atoms with Crippen LogP contribution in [-0.2, 0) is 23.9 Å². The van der Waals surface area contributed by atoms with E-state index in [1.165, 1.54) is 19.9 Å². The minimum atomic E-state index is -2.01. The van der Waals surface area contributed by atoms with Gasteiger partial charge in [-0.05, 0) is 20.3 Å². The van der Waals surface area contributed by atoms with E-state index in [-0.39, 0.29) is 17.6 Å². The molecule has 0 spiro atoms. The molecule has 0 bridgehead atoms. The van der Waals surface area contributed by atoms with E-state index in [0.29, 0.717) is 6.42 Å². The molecule has 0 amide bonds. The molecule has 19 heavy (non-hydrogen) atoms. The third kappa shape index (κ3) is 5.31. The van der Waals surface area contributed by atoms with Gasteiger partial charge < -0.3 is 9.47 Å². The first-order valence-electron chi connectivity index (χ1n) is 5.64. The Bertz CT molecular complexity index is 418. The van der Waals surface area contributed by atoms with Crippen LogP contribution in [0.5, 0.6) is 0 Å². The van der Waals surface area contributed by atoms with Crippen LogP contribution in [0.25, 0.3) is 0 Å². The molecular weight excluding hydrogens is 250 g/mol. The topological polar surface area (TPSA) is 82.0 Å². The number of hydrogen-bond donors (Lipinski definition) is 0. The summed E-state index contributed by atoms with van der Waals surface area (Å²) in [6.07, 6.45) is 1.73. The molecule has 0 rings (SSSR count). The Hall–Kier alpha value is -2.20. The molecule has 0 N–H and O–H groups in total. The van der Waals surface area contributed by atoms with Crippen molar-refractivity contribution >= 4 is 18.0 Å². The standard InChI is InChI=1S/C13H17NO5/c1-6-7-13(14-8-15,18-11(16)9(2)3)19-12(17)10(4)5/h2,4,6-7H2,1,3,5H3. The molecule has 104 valence electrons. The third-order valence-corrected chi connectivity index (χ3v) is 1.98. The monoisotopic (exact) mass is 267 g/mol. The quantitative estimate of drug-likeness (QED) is 0.232. The van der Waals surface area contributed by atoms with Crippen LogP contribution in [0.2, 0.25) is 0 Å². The van der Waals surface area contributed by atoms with Crippen LogP contribution < -0.4 is 0 Å².